The average Bonchev–Trinajstić information content (AvgIpc) is 3.28. The standard InChI is InChI=1S/C27H23Cl2N3O4/c1-2-36-22(33)15-30-24-23(16-7-4-3-5-8-16)27(20-12-11-18(29)14-21(20)31-26(27)35)32(25(24)34)19-10-6-9-17(28)13-19/h3-10,12-14,18,30H,2,11,15H2,1H3,(H,31,35). The molecular weight excluding hydrogens is 501 g/mol. The first-order valence-corrected chi connectivity index (χ1v) is 12.4. The molecule has 1 aliphatic carbocycles. The van der Waals surface area contributed by atoms with Gasteiger partial charge in [-0.05, 0) is 43.2 Å². The maximum atomic E-state index is 14.2. The number of rotatable bonds is 6. The predicted molar refractivity (Wildman–Crippen MR) is 138 cm³/mol. The van der Waals surface area contributed by atoms with E-state index in [-0.39, 0.29) is 24.2 Å². The fraction of sp³-hybridized carbons (Fsp3) is 0.222. The van der Waals surface area contributed by atoms with E-state index in [0.29, 0.717) is 39.5 Å². The molecule has 0 radical (unpaired) electrons. The zero-order valence-corrected chi connectivity index (χ0v) is 20.9. The summed E-state index contributed by atoms with van der Waals surface area (Å²) in [7, 11) is 0. The highest BCUT2D eigenvalue weighted by Crippen LogP contribution is 2.53. The Morgan fingerprint density at radius 2 is 1.97 bits per heavy atom. The van der Waals surface area contributed by atoms with Crippen LogP contribution in [0.2, 0.25) is 5.02 Å². The first kappa shape index (κ1) is 24.2. The zero-order chi connectivity index (χ0) is 25.4. The van der Waals surface area contributed by atoms with Crippen LogP contribution in [-0.4, -0.2) is 41.9 Å². The molecule has 2 N–H and O–H groups in total. The number of amides is 2. The van der Waals surface area contributed by atoms with Crippen LogP contribution in [0.4, 0.5) is 5.69 Å². The summed E-state index contributed by atoms with van der Waals surface area (Å²) in [6, 6.07) is 16.0. The number of ether oxygens (including phenoxy) is 1. The fourth-order valence-electron chi connectivity index (χ4n) is 5.02. The van der Waals surface area contributed by atoms with E-state index in [2.05, 4.69) is 10.6 Å². The molecule has 1 spiro atoms. The van der Waals surface area contributed by atoms with Crippen molar-refractivity contribution in [2.24, 2.45) is 0 Å². The molecule has 1 fully saturated rings. The van der Waals surface area contributed by atoms with E-state index in [1.165, 1.54) is 4.90 Å². The smallest absolute Gasteiger partial charge is 0.325 e. The highest BCUT2D eigenvalue weighted by Gasteiger charge is 2.64. The number of anilines is 1. The van der Waals surface area contributed by atoms with E-state index in [1.54, 1.807) is 37.3 Å². The summed E-state index contributed by atoms with van der Waals surface area (Å²) >= 11 is 12.7. The van der Waals surface area contributed by atoms with Gasteiger partial charge in [-0.2, -0.15) is 0 Å². The second-order valence-electron chi connectivity index (χ2n) is 8.51. The quantitative estimate of drug-likeness (QED) is 0.442. The third kappa shape index (κ3) is 3.79. The molecule has 36 heavy (non-hydrogen) atoms. The topological polar surface area (TPSA) is 87.7 Å². The van der Waals surface area contributed by atoms with Crippen LogP contribution in [0.3, 0.4) is 0 Å². The van der Waals surface area contributed by atoms with Crippen LogP contribution in [0.1, 0.15) is 18.9 Å². The van der Waals surface area contributed by atoms with Gasteiger partial charge in [0.15, 0.2) is 5.54 Å². The third-order valence-electron chi connectivity index (χ3n) is 6.36. The number of alkyl halides is 1. The lowest BCUT2D eigenvalue weighted by atomic mass is 9.78. The van der Waals surface area contributed by atoms with Gasteiger partial charge in [0.05, 0.1) is 12.0 Å². The molecule has 0 saturated carbocycles. The van der Waals surface area contributed by atoms with E-state index < -0.39 is 23.3 Å². The van der Waals surface area contributed by atoms with Gasteiger partial charge in [-0.3, -0.25) is 19.3 Å². The Labute approximate surface area is 218 Å². The summed E-state index contributed by atoms with van der Waals surface area (Å²) in [5.41, 5.74) is 1.34. The Bertz CT molecular complexity index is 1350. The maximum absolute atomic E-state index is 14.2. The predicted octanol–water partition coefficient (Wildman–Crippen LogP) is 3.94. The van der Waals surface area contributed by atoms with Crippen molar-refractivity contribution in [2.45, 2.75) is 24.3 Å². The molecule has 9 heteroatoms. The lowest BCUT2D eigenvalue weighted by Crippen LogP contribution is -2.54. The second kappa shape index (κ2) is 9.48. The molecule has 7 nitrogen and oxygen atoms in total. The number of carbonyl (C=O) groups excluding carboxylic acids is 3. The van der Waals surface area contributed by atoms with Gasteiger partial charge in [-0.15, -0.1) is 11.6 Å². The first-order valence-electron chi connectivity index (χ1n) is 11.6. The first-order chi connectivity index (χ1) is 17.4. The third-order valence-corrected chi connectivity index (χ3v) is 6.90. The molecule has 3 aliphatic rings. The molecule has 2 unspecified atom stereocenters. The number of halogens is 2. The summed E-state index contributed by atoms with van der Waals surface area (Å²) in [6.45, 7) is 1.68. The second-order valence-corrected chi connectivity index (χ2v) is 9.51. The Morgan fingerprint density at radius 1 is 1.19 bits per heavy atom. The number of nitrogens with one attached hydrogen (secondary N) is 2. The van der Waals surface area contributed by atoms with Crippen LogP contribution >= 0.6 is 23.2 Å². The summed E-state index contributed by atoms with van der Waals surface area (Å²) in [5.74, 6) is -1.38. The van der Waals surface area contributed by atoms with Gasteiger partial charge >= 0.3 is 5.97 Å². The van der Waals surface area contributed by atoms with Crippen molar-refractivity contribution < 1.29 is 19.1 Å². The molecule has 0 bridgehead atoms. The molecule has 2 aliphatic heterocycles. The number of hydrogen-bond acceptors (Lipinski definition) is 5. The van der Waals surface area contributed by atoms with Crippen molar-refractivity contribution >= 4 is 52.2 Å². The Balaban J connectivity index is 1.78. The monoisotopic (exact) mass is 523 g/mol. The van der Waals surface area contributed by atoms with Crippen molar-refractivity contribution in [3.63, 3.8) is 0 Å². The lowest BCUT2D eigenvalue weighted by molar-refractivity contribution is -0.141. The van der Waals surface area contributed by atoms with Crippen molar-refractivity contribution in [3.05, 3.63) is 94.3 Å². The highest BCUT2D eigenvalue weighted by molar-refractivity contribution is 6.32. The van der Waals surface area contributed by atoms with Crippen molar-refractivity contribution in [1.29, 1.82) is 0 Å². The van der Waals surface area contributed by atoms with E-state index in [4.69, 9.17) is 27.9 Å². The average molecular weight is 524 g/mol. The van der Waals surface area contributed by atoms with Crippen LogP contribution in [0.5, 0.6) is 0 Å². The van der Waals surface area contributed by atoms with Gasteiger partial charge in [-0.1, -0.05) is 54.1 Å². The molecule has 2 aromatic rings. The van der Waals surface area contributed by atoms with Crippen LogP contribution in [-0.2, 0) is 19.1 Å². The molecular formula is C27H23Cl2N3O4. The molecule has 2 heterocycles. The normalized spacial score (nSPS) is 22.9. The molecule has 2 aromatic carbocycles. The van der Waals surface area contributed by atoms with E-state index in [1.807, 2.05) is 36.4 Å². The summed E-state index contributed by atoms with van der Waals surface area (Å²) in [6.07, 6.45) is 4.17. The lowest BCUT2D eigenvalue weighted by Gasteiger charge is -2.37. The van der Waals surface area contributed by atoms with E-state index in [9.17, 15) is 14.4 Å². The molecule has 2 atom stereocenters. The van der Waals surface area contributed by atoms with Crippen LogP contribution < -0.4 is 15.5 Å². The number of allylic oxidation sites excluding steroid dienone is 2. The number of fused-ring (bicyclic) bond motifs is 2. The summed E-state index contributed by atoms with van der Waals surface area (Å²) in [5, 5.41) is 6.06. The van der Waals surface area contributed by atoms with Gasteiger partial charge in [0.1, 0.15) is 12.2 Å². The summed E-state index contributed by atoms with van der Waals surface area (Å²) in [4.78, 5) is 41.9. The maximum Gasteiger partial charge on any atom is 0.325 e. The molecule has 0 aromatic heterocycles. The Morgan fingerprint density at radius 3 is 2.69 bits per heavy atom. The largest absolute Gasteiger partial charge is 0.465 e. The minimum Gasteiger partial charge on any atom is -0.465 e. The van der Waals surface area contributed by atoms with Gasteiger partial charge < -0.3 is 15.4 Å². The van der Waals surface area contributed by atoms with Crippen molar-refractivity contribution in [3.8, 4) is 0 Å². The SMILES string of the molecule is CCOC(=O)CNC1=C(c2ccccc2)C2(C(=O)NC3=CC(Cl)CC=C32)N(c2cccc(Cl)c2)C1=O. The van der Waals surface area contributed by atoms with E-state index >= 15 is 0 Å². The molecule has 2 amide bonds. The Hall–Kier alpha value is -3.55. The van der Waals surface area contributed by atoms with Gasteiger partial charge in [0.2, 0.25) is 0 Å². The van der Waals surface area contributed by atoms with Crippen LogP contribution in [0, 0.1) is 0 Å². The number of benzene rings is 2. The fourth-order valence-corrected chi connectivity index (χ4v) is 5.42. The van der Waals surface area contributed by atoms with Gasteiger partial charge in [-0.25, -0.2) is 0 Å². The van der Waals surface area contributed by atoms with Gasteiger partial charge in [0, 0.05) is 27.6 Å². The molecule has 5 rings (SSSR count). The molecule has 184 valence electrons. The Kier molecular flexibility index (Phi) is 6.36. The highest BCUT2D eigenvalue weighted by atomic mass is 35.5. The van der Waals surface area contributed by atoms with Crippen molar-refractivity contribution in [2.75, 3.05) is 18.1 Å². The number of nitrogens with zero attached hydrogens (tertiary/aromatic N) is 1. The van der Waals surface area contributed by atoms with E-state index in [0.717, 1.165) is 0 Å². The minimum absolute atomic E-state index is 0.138. The van der Waals surface area contributed by atoms with Gasteiger partial charge in [0.25, 0.3) is 11.8 Å². The minimum atomic E-state index is -1.54. The number of esters is 1. The summed E-state index contributed by atoms with van der Waals surface area (Å²) < 4.78 is 5.06. The number of hydrogen-bond donors (Lipinski definition) is 2. The zero-order valence-electron chi connectivity index (χ0n) is 19.4. The van der Waals surface area contributed by atoms with Crippen LogP contribution in [0.25, 0.3) is 5.57 Å². The van der Waals surface area contributed by atoms with Crippen molar-refractivity contribution in [1.82, 2.24) is 10.6 Å². The molecule has 1 saturated heterocycles. The number of carbonyl (C=O) groups is 3. The van der Waals surface area contributed by atoms with Crippen LogP contribution in [0.15, 0.2) is 83.7 Å².